The van der Waals surface area contributed by atoms with E-state index in [2.05, 4.69) is 19.2 Å². The Morgan fingerprint density at radius 3 is 2.83 bits per heavy atom. The van der Waals surface area contributed by atoms with E-state index in [0.29, 0.717) is 19.1 Å². The van der Waals surface area contributed by atoms with Gasteiger partial charge in [0.2, 0.25) is 0 Å². The van der Waals surface area contributed by atoms with Crippen LogP contribution in [0, 0.1) is 5.92 Å². The number of benzene rings is 1. The Kier molecular flexibility index (Phi) is 5.45. The van der Waals surface area contributed by atoms with Gasteiger partial charge in [-0.3, -0.25) is 0 Å². The van der Waals surface area contributed by atoms with Crippen molar-refractivity contribution in [3.05, 3.63) is 23.8 Å². The minimum atomic E-state index is -1.02. The van der Waals surface area contributed by atoms with Gasteiger partial charge in [0.15, 0.2) is 0 Å². The Bertz CT molecular complexity index is 405. The highest BCUT2D eigenvalue weighted by Crippen LogP contribution is 2.17. The van der Waals surface area contributed by atoms with Crippen LogP contribution in [0.15, 0.2) is 18.2 Å². The maximum atomic E-state index is 10.9. The highest BCUT2D eigenvalue weighted by molar-refractivity contribution is 5.94. The number of ether oxygens (including phenoxy) is 1. The molecule has 1 aromatic rings. The monoisotopic (exact) mass is 252 g/mol. The Morgan fingerprint density at radius 1 is 1.50 bits per heavy atom. The summed E-state index contributed by atoms with van der Waals surface area (Å²) < 4.78 is 5.41. The van der Waals surface area contributed by atoms with Crippen molar-refractivity contribution in [2.24, 2.45) is 5.92 Å². The third-order valence-electron chi connectivity index (χ3n) is 2.31. The molecule has 0 bridgehead atoms. The van der Waals surface area contributed by atoms with E-state index < -0.39 is 5.97 Å². The van der Waals surface area contributed by atoms with Crippen LogP contribution in [0.25, 0.3) is 0 Å². The largest absolute Gasteiger partial charge is 0.478 e. The van der Waals surface area contributed by atoms with Gasteiger partial charge in [-0.05, 0) is 24.1 Å². The van der Waals surface area contributed by atoms with Crippen LogP contribution in [-0.2, 0) is 4.74 Å². The van der Waals surface area contributed by atoms with Crippen LogP contribution < -0.4 is 11.1 Å². The SMILES string of the molecule is CC(C)COCCNc1ccc(N)c(C(=O)O)c1. The first kappa shape index (κ1) is 14.3. The molecule has 0 aromatic heterocycles. The van der Waals surface area contributed by atoms with E-state index in [9.17, 15) is 4.79 Å². The molecule has 100 valence electrons. The molecule has 4 N–H and O–H groups in total. The minimum absolute atomic E-state index is 0.114. The topological polar surface area (TPSA) is 84.6 Å². The fraction of sp³-hybridized carbons (Fsp3) is 0.462. The maximum Gasteiger partial charge on any atom is 0.337 e. The molecular formula is C13H20N2O3. The van der Waals surface area contributed by atoms with E-state index in [1.54, 1.807) is 12.1 Å². The number of carboxylic acid groups (broad SMARTS) is 1. The molecule has 0 aliphatic carbocycles. The van der Waals surface area contributed by atoms with Gasteiger partial charge in [0.1, 0.15) is 0 Å². The second-order valence-corrected chi connectivity index (χ2v) is 4.50. The molecule has 0 unspecified atom stereocenters. The Labute approximate surface area is 107 Å². The molecule has 0 amide bonds. The van der Waals surface area contributed by atoms with Gasteiger partial charge in [-0.1, -0.05) is 13.8 Å². The van der Waals surface area contributed by atoms with Crippen molar-refractivity contribution in [3.8, 4) is 0 Å². The Balaban J connectivity index is 2.43. The molecule has 5 nitrogen and oxygen atoms in total. The van der Waals surface area contributed by atoms with E-state index in [4.69, 9.17) is 15.6 Å². The van der Waals surface area contributed by atoms with Crippen molar-refractivity contribution in [2.75, 3.05) is 30.8 Å². The highest BCUT2D eigenvalue weighted by atomic mass is 16.5. The van der Waals surface area contributed by atoms with Crippen molar-refractivity contribution in [1.29, 1.82) is 0 Å². The molecule has 0 aliphatic rings. The lowest BCUT2D eigenvalue weighted by Gasteiger charge is -2.10. The van der Waals surface area contributed by atoms with Gasteiger partial charge in [0.25, 0.3) is 0 Å². The summed E-state index contributed by atoms with van der Waals surface area (Å²) in [6.45, 7) is 6.13. The van der Waals surface area contributed by atoms with Crippen molar-refractivity contribution in [1.82, 2.24) is 0 Å². The number of nitrogens with two attached hydrogens (primary N) is 1. The zero-order valence-electron chi connectivity index (χ0n) is 10.8. The van der Waals surface area contributed by atoms with Crippen LogP contribution in [0.5, 0.6) is 0 Å². The normalized spacial score (nSPS) is 10.6. The van der Waals surface area contributed by atoms with Gasteiger partial charge >= 0.3 is 5.97 Å². The summed E-state index contributed by atoms with van der Waals surface area (Å²) in [5, 5.41) is 12.0. The van der Waals surface area contributed by atoms with Crippen molar-refractivity contribution in [2.45, 2.75) is 13.8 Å². The second kappa shape index (κ2) is 6.86. The molecule has 0 saturated carbocycles. The first-order valence-corrected chi connectivity index (χ1v) is 5.95. The number of aromatic carboxylic acids is 1. The van der Waals surface area contributed by atoms with E-state index in [1.165, 1.54) is 6.07 Å². The lowest BCUT2D eigenvalue weighted by atomic mass is 10.1. The van der Waals surface area contributed by atoms with Gasteiger partial charge in [-0.2, -0.15) is 0 Å². The number of hydrogen-bond acceptors (Lipinski definition) is 4. The smallest absolute Gasteiger partial charge is 0.337 e. The van der Waals surface area contributed by atoms with Gasteiger partial charge in [0.05, 0.1) is 12.2 Å². The van der Waals surface area contributed by atoms with Gasteiger partial charge in [0, 0.05) is 24.5 Å². The summed E-state index contributed by atoms with van der Waals surface area (Å²) in [7, 11) is 0. The third kappa shape index (κ3) is 4.63. The summed E-state index contributed by atoms with van der Waals surface area (Å²) >= 11 is 0. The summed E-state index contributed by atoms with van der Waals surface area (Å²) in [5.41, 5.74) is 6.68. The Hall–Kier alpha value is -1.75. The molecule has 0 aliphatic heterocycles. The van der Waals surface area contributed by atoms with Crippen molar-refractivity contribution >= 4 is 17.3 Å². The number of carbonyl (C=O) groups is 1. The fourth-order valence-corrected chi connectivity index (χ4v) is 1.44. The van der Waals surface area contributed by atoms with Crippen LogP contribution in [-0.4, -0.2) is 30.8 Å². The highest BCUT2D eigenvalue weighted by Gasteiger charge is 2.08. The molecule has 0 fully saturated rings. The molecule has 0 saturated heterocycles. The van der Waals surface area contributed by atoms with Gasteiger partial charge in [-0.25, -0.2) is 4.79 Å². The number of hydrogen-bond donors (Lipinski definition) is 3. The molecule has 5 heteroatoms. The summed E-state index contributed by atoms with van der Waals surface area (Å²) in [4.78, 5) is 10.9. The van der Waals surface area contributed by atoms with Crippen LogP contribution in [0.2, 0.25) is 0 Å². The molecule has 0 radical (unpaired) electrons. The lowest BCUT2D eigenvalue weighted by Crippen LogP contribution is -2.12. The number of nitrogen functional groups attached to an aromatic ring is 1. The molecule has 1 rings (SSSR count). The predicted octanol–water partition coefficient (Wildman–Crippen LogP) is 2.05. The average molecular weight is 252 g/mol. The van der Waals surface area contributed by atoms with Crippen molar-refractivity contribution in [3.63, 3.8) is 0 Å². The fourth-order valence-electron chi connectivity index (χ4n) is 1.44. The predicted molar refractivity (Wildman–Crippen MR) is 72.0 cm³/mol. The van der Waals surface area contributed by atoms with Crippen LogP contribution in [0.4, 0.5) is 11.4 Å². The van der Waals surface area contributed by atoms with Crippen LogP contribution in [0.1, 0.15) is 24.2 Å². The zero-order chi connectivity index (χ0) is 13.5. The lowest BCUT2D eigenvalue weighted by molar-refractivity contribution is 0.0698. The van der Waals surface area contributed by atoms with Crippen LogP contribution in [0.3, 0.4) is 0 Å². The zero-order valence-corrected chi connectivity index (χ0v) is 10.8. The molecule has 0 atom stereocenters. The standard InChI is InChI=1S/C13H20N2O3/c1-9(2)8-18-6-5-15-10-3-4-12(14)11(7-10)13(16)17/h3-4,7,9,15H,5-6,8,14H2,1-2H3,(H,16,17). The van der Waals surface area contributed by atoms with E-state index in [-0.39, 0.29) is 11.3 Å². The first-order valence-electron chi connectivity index (χ1n) is 5.95. The molecule has 18 heavy (non-hydrogen) atoms. The quantitative estimate of drug-likeness (QED) is 0.511. The van der Waals surface area contributed by atoms with E-state index in [0.717, 1.165) is 12.3 Å². The number of anilines is 2. The van der Waals surface area contributed by atoms with Crippen molar-refractivity contribution < 1.29 is 14.6 Å². The van der Waals surface area contributed by atoms with Crippen LogP contribution >= 0.6 is 0 Å². The summed E-state index contributed by atoms with van der Waals surface area (Å²) in [6, 6.07) is 4.87. The molecule has 1 aromatic carbocycles. The minimum Gasteiger partial charge on any atom is -0.478 e. The van der Waals surface area contributed by atoms with E-state index >= 15 is 0 Å². The Morgan fingerprint density at radius 2 is 2.22 bits per heavy atom. The number of nitrogens with one attached hydrogen (secondary N) is 1. The summed E-state index contributed by atoms with van der Waals surface area (Å²) in [6.07, 6.45) is 0. The molecule has 0 heterocycles. The third-order valence-corrected chi connectivity index (χ3v) is 2.31. The second-order valence-electron chi connectivity index (χ2n) is 4.50. The van der Waals surface area contributed by atoms with Gasteiger partial charge in [-0.15, -0.1) is 0 Å². The maximum absolute atomic E-state index is 10.9. The molecular weight excluding hydrogens is 232 g/mol. The van der Waals surface area contributed by atoms with Gasteiger partial charge < -0.3 is 20.9 Å². The van der Waals surface area contributed by atoms with E-state index in [1.807, 2.05) is 0 Å². The summed E-state index contributed by atoms with van der Waals surface area (Å²) in [5.74, 6) is -0.507. The number of rotatable bonds is 7. The number of carboxylic acids is 1. The average Bonchev–Trinajstić information content (AvgIpc) is 2.30. The first-order chi connectivity index (χ1) is 8.50. The molecule has 0 spiro atoms.